The molecule has 0 saturated heterocycles. The van der Waals surface area contributed by atoms with Gasteiger partial charge in [-0.3, -0.25) is 0 Å². The molecule has 1 saturated carbocycles. The number of fused-ring (bicyclic) bond motifs is 1. The lowest BCUT2D eigenvalue weighted by Gasteiger charge is -2.17. The van der Waals surface area contributed by atoms with Crippen LogP contribution in [-0.2, 0) is 0 Å². The first-order valence-corrected chi connectivity index (χ1v) is 6.72. The van der Waals surface area contributed by atoms with Crippen molar-refractivity contribution in [2.24, 2.45) is 5.41 Å². The van der Waals surface area contributed by atoms with Crippen LogP contribution in [0.4, 0.5) is 0 Å². The Balaban J connectivity index is 2.02. The van der Waals surface area contributed by atoms with Gasteiger partial charge in [0.25, 0.3) is 0 Å². The quantitative estimate of drug-likeness (QED) is 0.589. The predicted molar refractivity (Wildman–Crippen MR) is 78.8 cm³/mol. The molecular formula is C18H20. The summed E-state index contributed by atoms with van der Waals surface area (Å²) in [6.45, 7) is 8.98. The molecule has 0 heterocycles. The minimum absolute atomic E-state index is 0.410. The number of benzene rings is 2. The van der Waals surface area contributed by atoms with Crippen LogP contribution in [0.5, 0.6) is 0 Å². The molecule has 0 spiro atoms. The lowest BCUT2D eigenvalue weighted by molar-refractivity contribution is 0.380. The topological polar surface area (TPSA) is 0 Å². The highest BCUT2D eigenvalue weighted by Crippen LogP contribution is 2.49. The van der Waals surface area contributed by atoms with Gasteiger partial charge in [-0.25, -0.2) is 0 Å². The maximum atomic E-state index is 4.29. The lowest BCUT2D eigenvalue weighted by Crippen LogP contribution is -2.04. The van der Waals surface area contributed by atoms with Crippen LogP contribution in [0, 0.1) is 5.41 Å². The maximum absolute atomic E-state index is 4.29. The minimum atomic E-state index is 0.410. The van der Waals surface area contributed by atoms with Gasteiger partial charge in [-0.1, -0.05) is 68.5 Å². The zero-order valence-corrected chi connectivity index (χ0v) is 11.2. The molecule has 0 heteroatoms. The Morgan fingerprint density at radius 2 is 1.78 bits per heavy atom. The van der Waals surface area contributed by atoms with Crippen LogP contribution in [0.25, 0.3) is 10.8 Å². The standard InChI is InChI=1S/C18H20/c1-13-11-18(2,3)12-17(13)16-9-8-14-6-4-5-7-15(14)10-16/h4-10,17H,1,11-12H2,2-3H3/t17-/m1/s1. The van der Waals surface area contributed by atoms with Crippen molar-refractivity contribution < 1.29 is 0 Å². The van der Waals surface area contributed by atoms with Crippen molar-refractivity contribution in [3.8, 4) is 0 Å². The first-order valence-electron chi connectivity index (χ1n) is 6.72. The monoisotopic (exact) mass is 236 g/mol. The Labute approximate surface area is 109 Å². The summed E-state index contributed by atoms with van der Waals surface area (Å²) in [6, 6.07) is 15.4. The van der Waals surface area contributed by atoms with Gasteiger partial charge >= 0.3 is 0 Å². The second-order valence-corrected chi connectivity index (χ2v) is 6.36. The number of hydrogen-bond donors (Lipinski definition) is 0. The van der Waals surface area contributed by atoms with E-state index in [2.05, 4.69) is 62.9 Å². The molecule has 0 bridgehead atoms. The third kappa shape index (κ3) is 1.96. The molecule has 2 aromatic carbocycles. The Morgan fingerprint density at radius 3 is 2.44 bits per heavy atom. The SMILES string of the molecule is C=C1CC(C)(C)C[C@H]1c1ccc2ccccc2c1. The van der Waals surface area contributed by atoms with Crippen LogP contribution in [0.15, 0.2) is 54.6 Å². The molecule has 18 heavy (non-hydrogen) atoms. The third-order valence-electron chi connectivity index (χ3n) is 4.13. The van der Waals surface area contributed by atoms with Crippen LogP contribution >= 0.6 is 0 Å². The Kier molecular flexibility index (Phi) is 2.55. The van der Waals surface area contributed by atoms with E-state index in [0.29, 0.717) is 11.3 Å². The summed E-state index contributed by atoms with van der Waals surface area (Å²) < 4.78 is 0. The van der Waals surface area contributed by atoms with Gasteiger partial charge in [0.15, 0.2) is 0 Å². The van der Waals surface area contributed by atoms with Crippen molar-refractivity contribution in [1.29, 1.82) is 0 Å². The molecule has 0 aromatic heterocycles. The van der Waals surface area contributed by atoms with Crippen molar-refractivity contribution in [2.75, 3.05) is 0 Å². The fourth-order valence-electron chi connectivity index (χ4n) is 3.29. The van der Waals surface area contributed by atoms with Crippen molar-refractivity contribution in [2.45, 2.75) is 32.6 Å². The fraction of sp³-hybridized carbons (Fsp3) is 0.333. The Hall–Kier alpha value is -1.56. The Bertz CT molecular complexity index is 604. The van der Waals surface area contributed by atoms with E-state index < -0.39 is 0 Å². The van der Waals surface area contributed by atoms with E-state index in [1.807, 2.05) is 0 Å². The second kappa shape index (κ2) is 3.98. The molecule has 0 radical (unpaired) electrons. The van der Waals surface area contributed by atoms with E-state index in [-0.39, 0.29) is 0 Å². The number of rotatable bonds is 1. The van der Waals surface area contributed by atoms with Crippen LogP contribution in [-0.4, -0.2) is 0 Å². The zero-order valence-electron chi connectivity index (χ0n) is 11.2. The van der Waals surface area contributed by atoms with Crippen LogP contribution < -0.4 is 0 Å². The Morgan fingerprint density at radius 1 is 1.06 bits per heavy atom. The van der Waals surface area contributed by atoms with E-state index in [4.69, 9.17) is 0 Å². The summed E-state index contributed by atoms with van der Waals surface area (Å²) in [5.41, 5.74) is 3.24. The summed E-state index contributed by atoms with van der Waals surface area (Å²) in [7, 11) is 0. The highest BCUT2D eigenvalue weighted by Gasteiger charge is 2.34. The molecule has 92 valence electrons. The van der Waals surface area contributed by atoms with E-state index in [9.17, 15) is 0 Å². The van der Waals surface area contributed by atoms with Crippen molar-refractivity contribution >= 4 is 10.8 Å². The van der Waals surface area contributed by atoms with Gasteiger partial charge < -0.3 is 0 Å². The lowest BCUT2D eigenvalue weighted by atomic mass is 9.88. The van der Waals surface area contributed by atoms with Crippen molar-refractivity contribution in [3.63, 3.8) is 0 Å². The van der Waals surface area contributed by atoms with Gasteiger partial charge in [-0.2, -0.15) is 0 Å². The summed E-state index contributed by atoms with van der Waals surface area (Å²) in [5, 5.41) is 2.66. The van der Waals surface area contributed by atoms with Crippen molar-refractivity contribution in [1.82, 2.24) is 0 Å². The summed E-state index contributed by atoms with van der Waals surface area (Å²) >= 11 is 0. The van der Waals surface area contributed by atoms with Gasteiger partial charge in [0, 0.05) is 5.92 Å². The molecule has 0 amide bonds. The largest absolute Gasteiger partial charge is 0.0992 e. The highest BCUT2D eigenvalue weighted by atomic mass is 14.4. The van der Waals surface area contributed by atoms with Gasteiger partial charge in [-0.05, 0) is 34.6 Å². The molecular weight excluding hydrogens is 216 g/mol. The molecule has 0 unspecified atom stereocenters. The van der Waals surface area contributed by atoms with Crippen LogP contribution in [0.1, 0.15) is 38.2 Å². The molecule has 0 nitrogen and oxygen atoms in total. The van der Waals surface area contributed by atoms with E-state index in [1.54, 1.807) is 0 Å². The predicted octanol–water partition coefficient (Wildman–Crippen LogP) is 5.30. The molecule has 1 aliphatic carbocycles. The van der Waals surface area contributed by atoms with Crippen LogP contribution in [0.3, 0.4) is 0 Å². The van der Waals surface area contributed by atoms with Crippen molar-refractivity contribution in [3.05, 3.63) is 60.2 Å². The molecule has 0 N–H and O–H groups in total. The molecule has 1 aliphatic rings. The normalized spacial score (nSPS) is 22.6. The number of hydrogen-bond acceptors (Lipinski definition) is 0. The molecule has 0 aliphatic heterocycles. The highest BCUT2D eigenvalue weighted by molar-refractivity contribution is 5.83. The maximum Gasteiger partial charge on any atom is 0.00510 e. The van der Waals surface area contributed by atoms with Gasteiger partial charge in [0.1, 0.15) is 0 Å². The second-order valence-electron chi connectivity index (χ2n) is 6.36. The molecule has 1 fully saturated rings. The minimum Gasteiger partial charge on any atom is -0.0992 e. The summed E-state index contributed by atoms with van der Waals surface area (Å²) in [6.07, 6.45) is 2.38. The first-order chi connectivity index (χ1) is 8.55. The average Bonchev–Trinajstić information content (AvgIpc) is 2.62. The summed E-state index contributed by atoms with van der Waals surface area (Å²) in [5.74, 6) is 0.546. The first kappa shape index (κ1) is 11.5. The smallest absolute Gasteiger partial charge is 0.00510 e. The molecule has 3 rings (SSSR count). The molecule has 2 aromatic rings. The summed E-state index contributed by atoms with van der Waals surface area (Å²) in [4.78, 5) is 0. The number of allylic oxidation sites excluding steroid dienone is 1. The fourth-order valence-corrected chi connectivity index (χ4v) is 3.29. The van der Waals surface area contributed by atoms with Gasteiger partial charge in [-0.15, -0.1) is 0 Å². The van der Waals surface area contributed by atoms with Crippen LogP contribution in [0.2, 0.25) is 0 Å². The van der Waals surface area contributed by atoms with Gasteiger partial charge in [0.2, 0.25) is 0 Å². The van der Waals surface area contributed by atoms with E-state index >= 15 is 0 Å². The molecule has 1 atom stereocenters. The van der Waals surface area contributed by atoms with Gasteiger partial charge in [0.05, 0.1) is 0 Å². The third-order valence-corrected chi connectivity index (χ3v) is 4.13. The van der Waals surface area contributed by atoms with E-state index in [0.717, 1.165) is 6.42 Å². The zero-order chi connectivity index (χ0) is 12.8. The van der Waals surface area contributed by atoms with E-state index in [1.165, 1.54) is 28.3 Å². The average molecular weight is 236 g/mol.